The molecule has 0 aromatic rings. The molecule has 0 aliphatic rings. The van der Waals surface area contributed by atoms with Crippen LogP contribution in [0.2, 0.25) is 0 Å². The van der Waals surface area contributed by atoms with E-state index in [1.807, 2.05) is 0 Å². The second-order valence-electron chi connectivity index (χ2n) is 4.26. The van der Waals surface area contributed by atoms with Gasteiger partial charge in [0.15, 0.2) is 0 Å². The van der Waals surface area contributed by atoms with Gasteiger partial charge in [0, 0.05) is 24.6 Å². The fourth-order valence-corrected chi connectivity index (χ4v) is 2.49. The number of rotatable bonds is 8. The predicted molar refractivity (Wildman–Crippen MR) is 88.7 cm³/mol. The normalized spacial score (nSPS) is 12.9. The van der Waals surface area contributed by atoms with Gasteiger partial charge < -0.3 is 21.3 Å². The van der Waals surface area contributed by atoms with Gasteiger partial charge in [-0.15, -0.1) is 0 Å². The van der Waals surface area contributed by atoms with E-state index in [1.165, 1.54) is 0 Å². The van der Waals surface area contributed by atoms with Crippen molar-refractivity contribution < 1.29 is 19.2 Å². The van der Waals surface area contributed by atoms with Crippen molar-refractivity contribution in [2.24, 2.45) is 5.73 Å². The lowest BCUT2D eigenvalue weighted by atomic mass is 10.1. The molecule has 0 heterocycles. The smallest absolute Gasteiger partial charge is 0.313 e. The zero-order valence-corrected chi connectivity index (χ0v) is 14.3. The summed E-state index contributed by atoms with van der Waals surface area (Å²) in [5, 5.41) is 5.06. The number of likely N-dealkylation sites (N-methyl/N-ethyl adjacent to an activating group) is 2. The lowest BCUT2D eigenvalue weighted by Gasteiger charge is -2.34. The van der Waals surface area contributed by atoms with Crippen LogP contribution in [-0.4, -0.2) is 65.2 Å². The van der Waals surface area contributed by atoms with Crippen molar-refractivity contribution in [2.45, 2.75) is 25.9 Å². The van der Waals surface area contributed by atoms with E-state index < -0.39 is 35.7 Å². The highest BCUT2D eigenvalue weighted by atomic mass is 32.1. The van der Waals surface area contributed by atoms with E-state index >= 15 is 0 Å². The third-order valence-corrected chi connectivity index (χ3v) is 3.46. The van der Waals surface area contributed by atoms with Gasteiger partial charge in [-0.05, 0) is 13.8 Å². The molecule has 22 heavy (non-hydrogen) atoms. The monoisotopic (exact) mass is 350 g/mol. The van der Waals surface area contributed by atoms with Crippen molar-refractivity contribution in [3.8, 4) is 0 Å². The van der Waals surface area contributed by atoms with Crippen molar-refractivity contribution in [1.29, 1.82) is 0 Å². The largest absolute Gasteiger partial charge is 0.361 e. The Balaban J connectivity index is 5.67. The summed E-state index contributed by atoms with van der Waals surface area (Å²) in [6, 6.07) is -2.22. The van der Waals surface area contributed by atoms with E-state index in [9.17, 15) is 19.2 Å². The van der Waals surface area contributed by atoms with Crippen LogP contribution in [0.1, 0.15) is 13.8 Å². The highest BCUT2D eigenvalue weighted by Crippen LogP contribution is 2.11. The quantitative estimate of drug-likeness (QED) is 0.261. The van der Waals surface area contributed by atoms with Crippen molar-refractivity contribution in [3.63, 3.8) is 0 Å². The highest BCUT2D eigenvalue weighted by Gasteiger charge is 2.39. The molecule has 0 aromatic heterocycles. The molecule has 0 spiro atoms. The van der Waals surface area contributed by atoms with Gasteiger partial charge >= 0.3 is 11.8 Å². The SMILES string of the molecule is CCNC(=O)C(CS)N(C(=O)C(N)=O)C(CS)C(=O)NCC. The van der Waals surface area contributed by atoms with E-state index in [1.54, 1.807) is 13.8 Å². The van der Waals surface area contributed by atoms with Gasteiger partial charge in [-0.25, -0.2) is 0 Å². The standard InChI is InChI=1S/C12H22N4O4S2/c1-3-14-10(18)7(5-21)16(12(20)9(13)17)8(6-22)11(19)15-4-2/h7-8,21-22H,3-6H2,1-2H3,(H2,13,17)(H,14,18)(H,15,19). The summed E-state index contributed by atoms with van der Waals surface area (Å²) < 4.78 is 0. The molecule has 4 N–H and O–H groups in total. The molecule has 10 heteroatoms. The number of thiol groups is 2. The number of nitrogens with two attached hydrogens (primary N) is 1. The molecule has 2 unspecified atom stereocenters. The van der Waals surface area contributed by atoms with Crippen molar-refractivity contribution in [3.05, 3.63) is 0 Å². The maximum Gasteiger partial charge on any atom is 0.313 e. The second-order valence-corrected chi connectivity index (χ2v) is 4.99. The highest BCUT2D eigenvalue weighted by molar-refractivity contribution is 7.80. The van der Waals surface area contributed by atoms with E-state index in [0.29, 0.717) is 13.1 Å². The van der Waals surface area contributed by atoms with E-state index in [2.05, 4.69) is 35.9 Å². The fourth-order valence-electron chi connectivity index (χ4n) is 1.81. The second kappa shape index (κ2) is 10.3. The minimum Gasteiger partial charge on any atom is -0.361 e. The molecule has 2 atom stereocenters. The summed E-state index contributed by atoms with van der Waals surface area (Å²) in [5.74, 6) is -3.59. The Morgan fingerprint density at radius 2 is 1.32 bits per heavy atom. The van der Waals surface area contributed by atoms with Gasteiger partial charge in [-0.2, -0.15) is 25.3 Å². The molecular weight excluding hydrogens is 328 g/mol. The Labute approximate surface area is 140 Å². The maximum atomic E-state index is 12.1. The summed E-state index contributed by atoms with van der Waals surface area (Å²) in [7, 11) is 0. The molecule has 0 aliphatic carbocycles. The van der Waals surface area contributed by atoms with Gasteiger partial charge in [0.1, 0.15) is 12.1 Å². The zero-order chi connectivity index (χ0) is 17.3. The number of hydrogen-bond acceptors (Lipinski definition) is 6. The third-order valence-electron chi connectivity index (χ3n) is 2.77. The molecule has 8 nitrogen and oxygen atoms in total. The Morgan fingerprint density at radius 1 is 0.955 bits per heavy atom. The van der Waals surface area contributed by atoms with Gasteiger partial charge in [-0.1, -0.05) is 0 Å². The number of carbonyl (C=O) groups is 4. The number of nitrogens with one attached hydrogen (secondary N) is 2. The molecule has 0 saturated heterocycles. The lowest BCUT2D eigenvalue weighted by Crippen LogP contribution is -2.61. The number of amides is 4. The summed E-state index contributed by atoms with van der Waals surface area (Å²) in [6.45, 7) is 4.06. The average molecular weight is 350 g/mol. The van der Waals surface area contributed by atoms with Crippen molar-refractivity contribution in [2.75, 3.05) is 24.6 Å². The first-order chi connectivity index (χ1) is 10.3. The Hall–Kier alpha value is -1.42. The molecule has 0 bridgehead atoms. The number of carbonyl (C=O) groups excluding carboxylic acids is 4. The molecule has 0 saturated carbocycles. The first-order valence-electron chi connectivity index (χ1n) is 6.74. The topological polar surface area (TPSA) is 122 Å². The molecule has 0 fully saturated rings. The van der Waals surface area contributed by atoms with Crippen molar-refractivity contribution >= 4 is 48.9 Å². The fraction of sp³-hybridized carbons (Fsp3) is 0.667. The summed E-state index contributed by atoms with van der Waals surface area (Å²) in [4.78, 5) is 48.4. The Morgan fingerprint density at radius 3 is 1.55 bits per heavy atom. The predicted octanol–water partition coefficient (Wildman–Crippen LogP) is -1.83. The Kier molecular flexibility index (Phi) is 9.66. The van der Waals surface area contributed by atoms with Crippen LogP contribution in [-0.2, 0) is 19.2 Å². The van der Waals surface area contributed by atoms with Gasteiger partial charge in [0.2, 0.25) is 11.8 Å². The number of hydrogen-bond donors (Lipinski definition) is 5. The minimum atomic E-state index is -1.26. The van der Waals surface area contributed by atoms with Gasteiger partial charge in [0.25, 0.3) is 0 Å². The summed E-state index contributed by atoms with van der Waals surface area (Å²) >= 11 is 8.08. The van der Waals surface area contributed by atoms with Gasteiger partial charge in [-0.3, -0.25) is 19.2 Å². The first-order valence-corrected chi connectivity index (χ1v) is 8.01. The summed E-state index contributed by atoms with van der Waals surface area (Å²) in [5.41, 5.74) is 5.03. The van der Waals surface area contributed by atoms with Crippen LogP contribution in [0.25, 0.3) is 0 Å². The molecule has 0 radical (unpaired) electrons. The van der Waals surface area contributed by atoms with Crippen LogP contribution >= 0.6 is 25.3 Å². The molecule has 126 valence electrons. The van der Waals surface area contributed by atoms with Crippen LogP contribution in [0.4, 0.5) is 0 Å². The van der Waals surface area contributed by atoms with Crippen LogP contribution in [0, 0.1) is 0 Å². The lowest BCUT2D eigenvalue weighted by molar-refractivity contribution is -0.152. The molecule has 0 aliphatic heterocycles. The maximum absolute atomic E-state index is 12.1. The zero-order valence-electron chi connectivity index (χ0n) is 12.5. The molecule has 4 amide bonds. The van der Waals surface area contributed by atoms with Crippen LogP contribution in [0.5, 0.6) is 0 Å². The van der Waals surface area contributed by atoms with Crippen LogP contribution in [0.3, 0.4) is 0 Å². The molecule has 0 rings (SSSR count). The number of nitrogens with zero attached hydrogens (tertiary/aromatic N) is 1. The molecule has 0 aromatic carbocycles. The van der Waals surface area contributed by atoms with Crippen LogP contribution < -0.4 is 16.4 Å². The Bertz CT molecular complexity index is 407. The van der Waals surface area contributed by atoms with Gasteiger partial charge in [0.05, 0.1) is 0 Å². The molecular formula is C12H22N4O4S2. The van der Waals surface area contributed by atoms with E-state index in [0.717, 1.165) is 4.90 Å². The average Bonchev–Trinajstić information content (AvgIpc) is 2.46. The first kappa shape index (κ1) is 20.6. The number of primary amides is 1. The van der Waals surface area contributed by atoms with Crippen molar-refractivity contribution in [1.82, 2.24) is 15.5 Å². The minimum absolute atomic E-state index is 0.0749. The van der Waals surface area contributed by atoms with E-state index in [4.69, 9.17) is 5.73 Å². The van der Waals surface area contributed by atoms with E-state index in [-0.39, 0.29) is 11.5 Å². The van der Waals surface area contributed by atoms with Crippen LogP contribution in [0.15, 0.2) is 0 Å². The summed E-state index contributed by atoms with van der Waals surface area (Å²) in [6.07, 6.45) is 0. The third kappa shape index (κ3) is 5.41.